The van der Waals surface area contributed by atoms with Gasteiger partial charge in [-0.25, -0.2) is 0 Å². The second-order valence-electron chi connectivity index (χ2n) is 4.31. The molecular formula is C20H19Cl2Zr-3. The predicted molar refractivity (Wildman–Crippen MR) is 90.1 cm³/mol. The fourth-order valence-electron chi connectivity index (χ4n) is 2.14. The second-order valence-corrected chi connectivity index (χ2v) is 4.31. The summed E-state index contributed by atoms with van der Waals surface area (Å²) in [7, 11) is 0. The van der Waals surface area contributed by atoms with Crippen molar-refractivity contribution in [3.05, 3.63) is 91.9 Å². The first-order valence-corrected chi connectivity index (χ1v) is 6.85. The van der Waals surface area contributed by atoms with Crippen molar-refractivity contribution in [2.24, 2.45) is 0 Å². The van der Waals surface area contributed by atoms with Gasteiger partial charge in [-0.05, 0) is 0 Å². The molecule has 4 aromatic carbocycles. The minimum Gasteiger partial charge on any atom is -1.00 e. The molecule has 120 valence electrons. The Balaban J connectivity index is 0. The van der Waals surface area contributed by atoms with Crippen molar-refractivity contribution >= 4 is 21.5 Å². The molecule has 3 heteroatoms. The normalized spacial score (nSPS) is 8.26. The molecule has 0 fully saturated rings. The summed E-state index contributed by atoms with van der Waals surface area (Å²) in [6.07, 6.45) is 0. The molecule has 0 spiro atoms. The summed E-state index contributed by atoms with van der Waals surface area (Å²) in [5.74, 6) is 0. The molecule has 0 saturated heterocycles. The van der Waals surface area contributed by atoms with Crippen LogP contribution in [-0.2, 0) is 26.2 Å². The zero-order valence-electron chi connectivity index (χ0n) is 13.0. The molecule has 0 unspecified atom stereocenters. The van der Waals surface area contributed by atoms with Crippen molar-refractivity contribution in [2.75, 3.05) is 0 Å². The molecule has 0 aliphatic rings. The van der Waals surface area contributed by atoms with Crippen LogP contribution < -0.4 is 24.8 Å². The van der Waals surface area contributed by atoms with Crippen molar-refractivity contribution in [1.29, 1.82) is 0 Å². The van der Waals surface area contributed by atoms with Crippen LogP contribution in [0.25, 0.3) is 21.5 Å². The van der Waals surface area contributed by atoms with Crippen LogP contribution in [0.4, 0.5) is 0 Å². The van der Waals surface area contributed by atoms with Crippen molar-refractivity contribution in [1.82, 2.24) is 0 Å². The van der Waals surface area contributed by atoms with E-state index < -0.39 is 0 Å². The first kappa shape index (κ1) is 24.4. The molecule has 0 heterocycles. The third-order valence-corrected chi connectivity index (χ3v) is 3.10. The number of fused-ring (bicyclic) bond motifs is 2. The average Bonchev–Trinajstić information content (AvgIpc) is 3.18. The molecule has 0 saturated carbocycles. The molecule has 0 aromatic heterocycles. The molecule has 4 aromatic rings. The van der Waals surface area contributed by atoms with E-state index in [4.69, 9.17) is 0 Å². The van der Waals surface area contributed by atoms with Gasteiger partial charge in [0.05, 0.1) is 0 Å². The molecule has 0 N–H and O–H groups in total. The van der Waals surface area contributed by atoms with Crippen molar-refractivity contribution in [3.8, 4) is 0 Å². The number of hydrogen-bond acceptors (Lipinski definition) is 0. The van der Waals surface area contributed by atoms with Gasteiger partial charge in [0.15, 0.2) is 0 Å². The van der Waals surface area contributed by atoms with Crippen molar-refractivity contribution in [3.63, 3.8) is 0 Å². The molecule has 0 nitrogen and oxygen atoms in total. The van der Waals surface area contributed by atoms with Crippen LogP contribution in [0, 0.1) is 6.92 Å². The quantitative estimate of drug-likeness (QED) is 0.350. The van der Waals surface area contributed by atoms with E-state index in [1.54, 1.807) is 6.92 Å². The van der Waals surface area contributed by atoms with Crippen LogP contribution in [0.15, 0.2) is 84.9 Å². The van der Waals surface area contributed by atoms with Gasteiger partial charge < -0.3 is 31.7 Å². The smallest absolute Gasteiger partial charge is 1.00 e. The Kier molecular flexibility index (Phi) is 14.4. The molecule has 23 heavy (non-hydrogen) atoms. The summed E-state index contributed by atoms with van der Waals surface area (Å²) in [6, 6.07) is 29.3. The summed E-state index contributed by atoms with van der Waals surface area (Å²) in [6.45, 7) is 5.00. The van der Waals surface area contributed by atoms with Crippen molar-refractivity contribution in [2.45, 2.75) is 6.92 Å². The number of hydrogen-bond donors (Lipinski definition) is 0. The van der Waals surface area contributed by atoms with Gasteiger partial charge in [-0.1, -0.05) is 12.1 Å². The number of benzene rings is 2. The third kappa shape index (κ3) is 7.04. The monoisotopic (exact) mass is 419 g/mol. The second kappa shape index (κ2) is 13.6. The molecule has 0 bridgehead atoms. The zero-order valence-corrected chi connectivity index (χ0v) is 17.0. The Morgan fingerprint density at radius 1 is 0.609 bits per heavy atom. The van der Waals surface area contributed by atoms with E-state index in [2.05, 4.69) is 91.9 Å². The Morgan fingerprint density at radius 3 is 1.30 bits per heavy atom. The van der Waals surface area contributed by atoms with Gasteiger partial charge in [0.25, 0.3) is 0 Å². The fourth-order valence-corrected chi connectivity index (χ4v) is 2.14. The summed E-state index contributed by atoms with van der Waals surface area (Å²) in [5.41, 5.74) is 0. The Hall–Kier alpha value is -0.877. The molecule has 0 amide bonds. The zero-order chi connectivity index (χ0) is 14.2. The molecule has 0 aliphatic carbocycles. The SMILES string of the molecule is [CH2-]C.[Cl-].[Cl-].[Zr+2].c1ccc2[cH-]ccc2c1.c1ccc2[cH-]ccc2c1. The largest absolute Gasteiger partial charge is 2.00 e. The molecule has 0 atom stereocenters. The maximum Gasteiger partial charge on any atom is 2.00 e. The van der Waals surface area contributed by atoms with E-state index >= 15 is 0 Å². The molecular weight excluding hydrogens is 402 g/mol. The standard InChI is InChI=1S/2C9H7.C2H5.2ClH.Zr/c2*1-2-5-9-7-3-6-8(9)4-1;1-2;;;/h2*1-7H;1H2,2H3;2*1H;/q3*-1;;;+2/p-2. The predicted octanol–water partition coefficient (Wildman–Crippen LogP) is -0.0367. The fraction of sp³-hybridized carbons (Fsp3) is 0.0500. The van der Waals surface area contributed by atoms with Crippen LogP contribution in [0.1, 0.15) is 6.92 Å². The first-order valence-electron chi connectivity index (χ1n) is 6.85. The van der Waals surface area contributed by atoms with Gasteiger partial charge in [0, 0.05) is 0 Å². The maximum absolute atomic E-state index is 3.25. The molecule has 4 rings (SSSR count). The number of rotatable bonds is 0. The summed E-state index contributed by atoms with van der Waals surface area (Å²) in [4.78, 5) is 0. The van der Waals surface area contributed by atoms with Gasteiger partial charge in [0.1, 0.15) is 0 Å². The van der Waals surface area contributed by atoms with Gasteiger partial charge in [-0.15, -0.1) is 59.3 Å². The minimum absolute atomic E-state index is 0. The molecule has 0 radical (unpaired) electrons. The summed E-state index contributed by atoms with van der Waals surface area (Å²) >= 11 is 0. The van der Waals surface area contributed by atoms with Crippen LogP contribution in [0.3, 0.4) is 0 Å². The van der Waals surface area contributed by atoms with Gasteiger partial charge in [-0.3, -0.25) is 0 Å². The summed E-state index contributed by atoms with van der Waals surface area (Å²) in [5, 5.41) is 5.32. The van der Waals surface area contributed by atoms with Crippen LogP contribution in [-0.4, -0.2) is 0 Å². The van der Waals surface area contributed by atoms with E-state index in [9.17, 15) is 0 Å². The van der Waals surface area contributed by atoms with Crippen LogP contribution in [0.5, 0.6) is 0 Å². The van der Waals surface area contributed by atoms with Crippen LogP contribution >= 0.6 is 0 Å². The Morgan fingerprint density at radius 2 is 0.957 bits per heavy atom. The molecule has 0 aliphatic heterocycles. The van der Waals surface area contributed by atoms with E-state index in [1.165, 1.54) is 21.5 Å². The van der Waals surface area contributed by atoms with E-state index in [0.29, 0.717) is 0 Å². The first-order chi connectivity index (χ1) is 9.93. The number of halogens is 2. The van der Waals surface area contributed by atoms with Crippen LogP contribution in [0.2, 0.25) is 0 Å². The summed E-state index contributed by atoms with van der Waals surface area (Å²) < 4.78 is 0. The van der Waals surface area contributed by atoms with Gasteiger partial charge >= 0.3 is 26.2 Å². The maximum atomic E-state index is 3.25. The Labute approximate surface area is 170 Å². The van der Waals surface area contributed by atoms with Gasteiger partial charge in [0.2, 0.25) is 0 Å². The van der Waals surface area contributed by atoms with Crippen molar-refractivity contribution < 1.29 is 51.0 Å². The third-order valence-electron chi connectivity index (χ3n) is 3.10. The minimum atomic E-state index is 0. The van der Waals surface area contributed by atoms with E-state index in [-0.39, 0.29) is 51.0 Å². The topological polar surface area (TPSA) is 0 Å². The average molecular weight is 422 g/mol. The van der Waals surface area contributed by atoms with E-state index in [0.717, 1.165) is 0 Å². The Bertz CT molecular complexity index is 630. The van der Waals surface area contributed by atoms with E-state index in [1.807, 2.05) is 0 Å². The van der Waals surface area contributed by atoms with Gasteiger partial charge in [-0.2, -0.15) is 42.0 Å².